The molecule has 0 unspecified atom stereocenters. The van der Waals surface area contributed by atoms with E-state index in [-0.39, 0.29) is 24.6 Å². The number of likely N-dealkylation sites (tertiary alicyclic amines) is 1. The van der Waals surface area contributed by atoms with Crippen molar-refractivity contribution in [2.45, 2.75) is 50.9 Å². The van der Waals surface area contributed by atoms with Gasteiger partial charge in [-0.25, -0.2) is 9.97 Å². The molecule has 5 aromatic rings. The predicted octanol–water partition coefficient (Wildman–Crippen LogP) is 4.20. The Kier molecular flexibility index (Phi) is 6.35. The minimum Gasteiger partial charge on any atom is -0.494 e. The molecule has 1 aliphatic heterocycles. The molecule has 226 valence electrons. The van der Waals surface area contributed by atoms with Gasteiger partial charge in [-0.2, -0.15) is 0 Å². The molecule has 2 bridgehead atoms. The zero-order valence-corrected chi connectivity index (χ0v) is 24.9. The van der Waals surface area contributed by atoms with Crippen LogP contribution in [0.4, 0.5) is 11.5 Å². The van der Waals surface area contributed by atoms with Crippen LogP contribution in [0.15, 0.2) is 48.7 Å². The standard InChI is InChI=1S/C33H36N8O3/c1-39-30-24(11-21(13-27(30)44-2)33(43)41-16-20-5-7-25(41)29(20)34)37-32(39)26-12-19-6-8-28(36-22-9-10-35-23(14-22)17-42)38-31(19)40(26)15-18-3-4-18/h6,8-14,18,20,25,29,42H,3-5,7,15-17,34H2,1-2H3,(H,35,36,38)/t20-,25-,29-/m1/s1. The Labute approximate surface area is 254 Å². The summed E-state index contributed by atoms with van der Waals surface area (Å²) in [5, 5.41) is 13.9. The molecule has 11 heteroatoms. The molecule has 3 atom stereocenters. The van der Waals surface area contributed by atoms with Crippen LogP contribution < -0.4 is 15.8 Å². The number of fused-ring (bicyclic) bond motifs is 4. The van der Waals surface area contributed by atoms with Crippen LogP contribution in [0.25, 0.3) is 33.6 Å². The number of carbonyl (C=O) groups is 1. The van der Waals surface area contributed by atoms with Gasteiger partial charge in [0.25, 0.3) is 5.91 Å². The number of methoxy groups -OCH3 is 1. The molecule has 3 aliphatic rings. The average Bonchev–Trinajstić information content (AvgIpc) is 3.45. The fourth-order valence-electron chi connectivity index (χ4n) is 7.18. The Morgan fingerprint density at radius 1 is 1.11 bits per heavy atom. The molecule has 4 N–H and O–H groups in total. The molecule has 1 aromatic carbocycles. The zero-order chi connectivity index (χ0) is 30.1. The number of nitrogens with zero attached hydrogens (tertiary/aromatic N) is 6. The summed E-state index contributed by atoms with van der Waals surface area (Å²) in [4.78, 5) is 29.9. The summed E-state index contributed by atoms with van der Waals surface area (Å²) in [5.74, 6) is 3.10. The van der Waals surface area contributed by atoms with Crippen LogP contribution in [0.3, 0.4) is 0 Å². The molecule has 1 saturated heterocycles. The highest BCUT2D eigenvalue weighted by Gasteiger charge is 2.47. The Balaban J connectivity index is 1.20. The van der Waals surface area contributed by atoms with Crippen LogP contribution in [0, 0.1) is 11.8 Å². The second kappa shape index (κ2) is 10.3. The third-order valence-electron chi connectivity index (χ3n) is 9.68. The highest BCUT2D eigenvalue weighted by atomic mass is 16.5. The Hall–Kier alpha value is -4.48. The highest BCUT2D eigenvalue weighted by Crippen LogP contribution is 2.40. The minimum atomic E-state index is -0.124. The number of imidazole rings is 1. The number of nitrogens with one attached hydrogen (secondary N) is 1. The quantitative estimate of drug-likeness (QED) is 0.244. The molecule has 44 heavy (non-hydrogen) atoms. The third kappa shape index (κ3) is 4.41. The summed E-state index contributed by atoms with van der Waals surface area (Å²) >= 11 is 0. The number of ether oxygens (including phenoxy) is 1. The van der Waals surface area contributed by atoms with Gasteiger partial charge in [0.15, 0.2) is 5.82 Å². The maximum atomic E-state index is 13.7. The first kappa shape index (κ1) is 27.1. The first-order valence-corrected chi connectivity index (χ1v) is 15.4. The highest BCUT2D eigenvalue weighted by molar-refractivity contribution is 6.00. The molecule has 0 spiro atoms. The van der Waals surface area contributed by atoms with Crippen LogP contribution in [-0.2, 0) is 20.2 Å². The number of benzene rings is 1. The predicted molar refractivity (Wildman–Crippen MR) is 168 cm³/mol. The Morgan fingerprint density at radius 3 is 2.70 bits per heavy atom. The number of carbonyl (C=O) groups excluding carboxylic acids is 1. The molecule has 11 nitrogen and oxygen atoms in total. The van der Waals surface area contributed by atoms with Crippen LogP contribution in [0.2, 0.25) is 0 Å². The number of hydrogen-bond donors (Lipinski definition) is 3. The van der Waals surface area contributed by atoms with Crippen LogP contribution in [0.1, 0.15) is 41.7 Å². The summed E-state index contributed by atoms with van der Waals surface area (Å²) in [7, 11) is 3.63. The van der Waals surface area contributed by atoms with Gasteiger partial charge in [-0.05, 0) is 80.0 Å². The number of aryl methyl sites for hydroxylation is 1. The number of nitrogens with two attached hydrogens (primary N) is 1. The van der Waals surface area contributed by atoms with Gasteiger partial charge in [-0.15, -0.1) is 0 Å². The smallest absolute Gasteiger partial charge is 0.254 e. The second-order valence-corrected chi connectivity index (χ2v) is 12.5. The monoisotopic (exact) mass is 592 g/mol. The zero-order valence-electron chi connectivity index (χ0n) is 24.9. The first-order valence-electron chi connectivity index (χ1n) is 15.4. The lowest BCUT2D eigenvalue weighted by atomic mass is 10.1. The number of piperidine rings is 1. The number of amides is 1. The lowest BCUT2D eigenvalue weighted by molar-refractivity contribution is 0.0700. The SMILES string of the molecule is COc1cc(C(=O)N2C[C@H]3CC[C@@H]2[C@@H]3N)cc2nc(-c3cc4ccc(Nc5ccnc(CO)c5)nc4n3CC3CC3)n(C)c12. The number of pyridine rings is 2. The van der Waals surface area contributed by atoms with Crippen molar-refractivity contribution < 1.29 is 14.6 Å². The fourth-order valence-corrected chi connectivity index (χ4v) is 7.18. The molecule has 1 amide bonds. The topological polar surface area (TPSA) is 136 Å². The summed E-state index contributed by atoms with van der Waals surface area (Å²) in [6.45, 7) is 1.44. The number of hydrogen-bond acceptors (Lipinski definition) is 8. The van der Waals surface area contributed by atoms with Gasteiger partial charge in [0, 0.05) is 55.1 Å². The summed E-state index contributed by atoms with van der Waals surface area (Å²) in [6.07, 6.45) is 6.12. The van der Waals surface area contributed by atoms with Crippen molar-refractivity contribution in [3.05, 3.63) is 59.9 Å². The van der Waals surface area contributed by atoms with E-state index < -0.39 is 0 Å². The maximum absolute atomic E-state index is 13.7. The van der Waals surface area contributed by atoms with Crippen LogP contribution in [-0.4, -0.2) is 65.7 Å². The van der Waals surface area contributed by atoms with E-state index in [1.54, 1.807) is 13.3 Å². The molecule has 4 aromatic heterocycles. The number of aliphatic hydroxyl groups is 1. The Bertz CT molecular complexity index is 1930. The minimum absolute atomic E-state index is 0.00700. The normalized spacial score (nSPS) is 21.1. The van der Waals surface area contributed by atoms with E-state index in [0.29, 0.717) is 41.2 Å². The molecular formula is C33H36N8O3. The van der Waals surface area contributed by atoms with E-state index in [9.17, 15) is 9.90 Å². The van der Waals surface area contributed by atoms with E-state index in [2.05, 4.69) is 31.6 Å². The van der Waals surface area contributed by atoms with Gasteiger partial charge in [0.2, 0.25) is 0 Å². The van der Waals surface area contributed by atoms with Crippen molar-refractivity contribution in [3.63, 3.8) is 0 Å². The molecule has 3 fully saturated rings. The second-order valence-electron chi connectivity index (χ2n) is 12.5. The van der Waals surface area contributed by atoms with Crippen molar-refractivity contribution in [3.8, 4) is 17.3 Å². The lowest BCUT2D eigenvalue weighted by Crippen LogP contribution is -2.41. The van der Waals surface area contributed by atoms with Crippen molar-refractivity contribution in [2.24, 2.45) is 24.6 Å². The summed E-state index contributed by atoms with van der Waals surface area (Å²) < 4.78 is 10.2. The summed E-state index contributed by atoms with van der Waals surface area (Å²) in [5.41, 5.74) is 11.8. The lowest BCUT2D eigenvalue weighted by Gasteiger charge is -2.27. The van der Waals surface area contributed by atoms with E-state index in [1.165, 1.54) is 12.8 Å². The van der Waals surface area contributed by atoms with Gasteiger partial charge in [0.1, 0.15) is 22.7 Å². The van der Waals surface area contributed by atoms with E-state index in [1.807, 2.05) is 42.3 Å². The van der Waals surface area contributed by atoms with Gasteiger partial charge in [-0.1, -0.05) is 0 Å². The summed E-state index contributed by atoms with van der Waals surface area (Å²) in [6, 6.07) is 13.7. The van der Waals surface area contributed by atoms with Crippen molar-refractivity contribution in [1.29, 1.82) is 0 Å². The largest absolute Gasteiger partial charge is 0.494 e. The Morgan fingerprint density at radius 2 is 1.98 bits per heavy atom. The van der Waals surface area contributed by atoms with Gasteiger partial charge < -0.3 is 34.9 Å². The molecular weight excluding hydrogens is 556 g/mol. The number of aliphatic hydroxyl groups excluding tert-OH is 1. The van der Waals surface area contributed by atoms with E-state index in [4.69, 9.17) is 20.4 Å². The van der Waals surface area contributed by atoms with E-state index in [0.717, 1.165) is 58.7 Å². The first-order chi connectivity index (χ1) is 21.4. The van der Waals surface area contributed by atoms with Crippen LogP contribution in [0.5, 0.6) is 5.75 Å². The maximum Gasteiger partial charge on any atom is 0.254 e. The van der Waals surface area contributed by atoms with Crippen molar-refractivity contribution >= 4 is 39.5 Å². The van der Waals surface area contributed by atoms with E-state index >= 15 is 0 Å². The number of anilines is 2. The van der Waals surface area contributed by atoms with Crippen molar-refractivity contribution in [2.75, 3.05) is 19.0 Å². The molecule has 8 rings (SSSR count). The molecule has 5 heterocycles. The fraction of sp³-hybridized carbons (Fsp3) is 0.394. The van der Waals surface area contributed by atoms with Gasteiger partial charge >= 0.3 is 0 Å². The third-order valence-corrected chi connectivity index (χ3v) is 9.68. The average molecular weight is 593 g/mol. The molecule has 0 radical (unpaired) electrons. The van der Waals surface area contributed by atoms with Crippen LogP contribution >= 0.6 is 0 Å². The van der Waals surface area contributed by atoms with Gasteiger partial charge in [0.05, 0.1) is 30.6 Å². The molecule has 2 saturated carbocycles. The number of aromatic nitrogens is 5. The molecule has 2 aliphatic carbocycles. The number of rotatable bonds is 8. The van der Waals surface area contributed by atoms with Gasteiger partial charge in [-0.3, -0.25) is 9.78 Å². The van der Waals surface area contributed by atoms with Crippen molar-refractivity contribution in [1.82, 2.24) is 29.0 Å².